The van der Waals surface area contributed by atoms with Crippen molar-refractivity contribution in [2.75, 3.05) is 0 Å². The van der Waals surface area contributed by atoms with Crippen molar-refractivity contribution >= 4 is 11.9 Å². The Hall–Kier alpha value is -0.0210. The molecule has 0 rings (SSSR count). The maximum absolute atomic E-state index is 10.2. The molecule has 4 nitrogen and oxygen atoms in total. The molecule has 0 aliphatic heterocycles. The van der Waals surface area contributed by atoms with E-state index in [0.29, 0.717) is 0 Å². The first kappa shape index (κ1) is 45.0. The monoisotopic (exact) mass is 636 g/mol. The summed E-state index contributed by atoms with van der Waals surface area (Å²) in [6.07, 6.45) is 33.9. The van der Waals surface area contributed by atoms with E-state index in [-0.39, 0.29) is 47.0 Å². The number of hydrogen-bond donors (Lipinski definition) is 0. The number of rotatable bonds is 28. The van der Waals surface area contributed by atoms with Gasteiger partial charge in [0.2, 0.25) is 0 Å². The van der Waals surface area contributed by atoms with E-state index in [1.807, 2.05) is 0 Å². The minimum atomic E-state index is -0.905. The Morgan fingerprint density at radius 1 is 0.342 bits per heavy atom. The summed E-state index contributed by atoms with van der Waals surface area (Å²) in [5.74, 6) is -1.81. The molecule has 0 aromatic heterocycles. The summed E-state index contributed by atoms with van der Waals surface area (Å²) in [5, 5.41) is 20.4. The topological polar surface area (TPSA) is 80.3 Å². The second-order valence-electron chi connectivity index (χ2n) is 10.7. The summed E-state index contributed by atoms with van der Waals surface area (Å²) in [5.41, 5.74) is 0. The van der Waals surface area contributed by atoms with Gasteiger partial charge in [0.1, 0.15) is 0 Å². The molecule has 0 heterocycles. The fourth-order valence-corrected chi connectivity index (χ4v) is 4.57. The van der Waals surface area contributed by atoms with Crippen molar-refractivity contribution in [2.45, 2.75) is 194 Å². The molecule has 0 N–H and O–H groups in total. The van der Waals surface area contributed by atoms with E-state index in [1.54, 1.807) is 0 Å². The molecule has 0 saturated carbocycles. The zero-order chi connectivity index (χ0) is 27.0. The Balaban J connectivity index is -0.000000289. The van der Waals surface area contributed by atoms with Crippen molar-refractivity contribution in [3.8, 4) is 0 Å². The maximum Gasteiger partial charge on any atom is 1.00 e. The van der Waals surface area contributed by atoms with Crippen LogP contribution in [0.25, 0.3) is 0 Å². The van der Waals surface area contributed by atoms with Crippen molar-refractivity contribution < 1.29 is 53.9 Å². The van der Waals surface area contributed by atoms with Gasteiger partial charge in [-0.2, -0.15) is 0 Å². The molecule has 6 heteroatoms. The van der Waals surface area contributed by atoms with Gasteiger partial charge >= 0.3 is 34.1 Å². The van der Waals surface area contributed by atoms with E-state index in [9.17, 15) is 19.8 Å². The smallest absolute Gasteiger partial charge is 0.550 e. The van der Waals surface area contributed by atoms with Crippen LogP contribution in [-0.4, -0.2) is 11.9 Å². The minimum absolute atomic E-state index is 0. The molecule has 0 fully saturated rings. The van der Waals surface area contributed by atoms with Crippen LogP contribution in [0.2, 0.25) is 0 Å². The minimum Gasteiger partial charge on any atom is -0.550 e. The zero-order valence-corrected chi connectivity index (χ0v) is 26.9. The van der Waals surface area contributed by atoms with Crippen LogP contribution in [-0.2, 0) is 43.7 Å². The molecule has 0 atom stereocenters. The Kier molecular flexibility index (Phi) is 49.1. The molecule has 236 valence electrons. The number of hydrogen-bond acceptors (Lipinski definition) is 4. The molecule has 0 aliphatic carbocycles. The normalized spacial score (nSPS) is 10.2. The standard InChI is InChI=1S/2C16H32O2.2Cu/c2*1-2-3-4-5-6-7-8-9-10-11-12-13-14-15-16(17)18;;/h2*2-15H2,1H3,(H,17,18);;/q;;2*+1/p-2. The Morgan fingerprint density at radius 2 is 0.500 bits per heavy atom. The van der Waals surface area contributed by atoms with Crippen molar-refractivity contribution in [3.05, 3.63) is 0 Å². The molecule has 0 saturated heterocycles. The van der Waals surface area contributed by atoms with Crippen LogP contribution in [0.4, 0.5) is 0 Å². The quantitative estimate of drug-likeness (QED) is 0.0637. The largest absolute Gasteiger partial charge is 1.00 e. The van der Waals surface area contributed by atoms with E-state index in [1.165, 1.54) is 141 Å². The molecule has 0 aliphatic rings. The number of carboxylic acid groups (broad SMARTS) is 2. The van der Waals surface area contributed by atoms with E-state index in [0.717, 1.165) is 25.7 Å². The molecule has 0 spiro atoms. The molecule has 0 aromatic rings. The second-order valence-corrected chi connectivity index (χ2v) is 10.7. The van der Waals surface area contributed by atoms with Crippen LogP contribution >= 0.6 is 0 Å². The molecule has 38 heavy (non-hydrogen) atoms. The van der Waals surface area contributed by atoms with Gasteiger partial charge in [0.05, 0.1) is 0 Å². The number of unbranched alkanes of at least 4 members (excludes halogenated alkanes) is 24. The van der Waals surface area contributed by atoms with Crippen LogP contribution < -0.4 is 10.2 Å². The van der Waals surface area contributed by atoms with E-state index < -0.39 is 11.9 Å². The van der Waals surface area contributed by atoms with E-state index in [2.05, 4.69) is 13.8 Å². The summed E-state index contributed by atoms with van der Waals surface area (Å²) in [4.78, 5) is 20.4. The van der Waals surface area contributed by atoms with E-state index in [4.69, 9.17) is 0 Å². The molecular formula is C32H62Cu2O4. The van der Waals surface area contributed by atoms with Crippen molar-refractivity contribution in [1.29, 1.82) is 0 Å². The Bertz CT molecular complexity index is 407. The fraction of sp³-hybridized carbons (Fsp3) is 0.938. The summed E-state index contributed by atoms with van der Waals surface area (Å²) in [7, 11) is 0. The first-order valence-corrected chi connectivity index (χ1v) is 15.9. The average molecular weight is 638 g/mol. The van der Waals surface area contributed by atoms with Gasteiger partial charge in [0.25, 0.3) is 0 Å². The number of carboxylic acids is 2. The van der Waals surface area contributed by atoms with Crippen LogP contribution in [0, 0.1) is 0 Å². The van der Waals surface area contributed by atoms with Gasteiger partial charge in [0.15, 0.2) is 0 Å². The Labute approximate surface area is 258 Å². The van der Waals surface area contributed by atoms with Gasteiger partial charge in [-0.1, -0.05) is 168 Å². The SMILES string of the molecule is CCCCCCCCCCCCCCCC(=O)[O-].CCCCCCCCCCCCCCCC(=O)[O-].[Cu+].[Cu+]. The Morgan fingerprint density at radius 3 is 0.658 bits per heavy atom. The van der Waals surface area contributed by atoms with Gasteiger partial charge in [0, 0.05) is 11.9 Å². The van der Waals surface area contributed by atoms with Crippen LogP contribution in [0.5, 0.6) is 0 Å². The average Bonchev–Trinajstić information content (AvgIpc) is 2.85. The predicted molar refractivity (Wildman–Crippen MR) is 151 cm³/mol. The number of aliphatic carboxylic acids is 2. The summed E-state index contributed by atoms with van der Waals surface area (Å²) < 4.78 is 0. The third-order valence-electron chi connectivity index (χ3n) is 6.97. The molecule has 0 unspecified atom stereocenters. The first-order chi connectivity index (χ1) is 17.5. The molecular weight excluding hydrogens is 575 g/mol. The third-order valence-corrected chi connectivity index (χ3v) is 6.97. The fourth-order valence-electron chi connectivity index (χ4n) is 4.57. The van der Waals surface area contributed by atoms with Gasteiger partial charge in [-0.3, -0.25) is 0 Å². The van der Waals surface area contributed by atoms with E-state index >= 15 is 0 Å². The van der Waals surface area contributed by atoms with Gasteiger partial charge in [-0.05, 0) is 25.7 Å². The zero-order valence-electron chi connectivity index (χ0n) is 25.0. The van der Waals surface area contributed by atoms with Crippen molar-refractivity contribution in [3.63, 3.8) is 0 Å². The second kappa shape index (κ2) is 41.5. The first-order valence-electron chi connectivity index (χ1n) is 15.9. The van der Waals surface area contributed by atoms with Crippen molar-refractivity contribution in [1.82, 2.24) is 0 Å². The van der Waals surface area contributed by atoms with Gasteiger partial charge in [-0.15, -0.1) is 0 Å². The van der Waals surface area contributed by atoms with Crippen LogP contribution in [0.3, 0.4) is 0 Å². The van der Waals surface area contributed by atoms with Crippen LogP contribution in [0.15, 0.2) is 0 Å². The molecule has 0 aromatic carbocycles. The maximum atomic E-state index is 10.2. The summed E-state index contributed by atoms with van der Waals surface area (Å²) in [6, 6.07) is 0. The predicted octanol–water partition coefficient (Wildman–Crippen LogP) is 8.43. The summed E-state index contributed by atoms with van der Waals surface area (Å²) >= 11 is 0. The number of carbonyl (C=O) groups excluding carboxylic acids is 2. The van der Waals surface area contributed by atoms with Gasteiger partial charge < -0.3 is 19.8 Å². The molecule has 0 radical (unpaired) electrons. The molecule has 0 amide bonds. The molecule has 0 bridgehead atoms. The van der Waals surface area contributed by atoms with Crippen molar-refractivity contribution in [2.24, 2.45) is 0 Å². The van der Waals surface area contributed by atoms with Crippen LogP contribution in [0.1, 0.15) is 194 Å². The third kappa shape index (κ3) is 49.0. The summed E-state index contributed by atoms with van der Waals surface area (Å²) in [6.45, 7) is 4.51. The van der Waals surface area contributed by atoms with Gasteiger partial charge in [-0.25, -0.2) is 0 Å². The number of carbonyl (C=O) groups is 2.